The smallest absolute Gasteiger partial charge is 0.134 e. The molecule has 0 aliphatic carbocycles. The van der Waals surface area contributed by atoms with Crippen molar-refractivity contribution in [1.82, 2.24) is 0 Å². The second-order valence-electron chi connectivity index (χ2n) is 2.72. The number of hydrogen-bond donors (Lipinski definition) is 0. The van der Waals surface area contributed by atoms with Crippen LogP contribution in [0.4, 0.5) is 0 Å². The summed E-state index contributed by atoms with van der Waals surface area (Å²) in [5.41, 5.74) is 1.58. The Balaban J connectivity index is 0. The van der Waals surface area contributed by atoms with E-state index in [0.29, 0.717) is 12.2 Å². The molecule has 95 valence electrons. The second kappa shape index (κ2) is 9.36. The molecule has 0 fully saturated rings. The van der Waals surface area contributed by atoms with E-state index in [-0.39, 0.29) is 33.6 Å². The van der Waals surface area contributed by atoms with Gasteiger partial charge in [-0.1, -0.05) is 6.92 Å². The number of allylic oxidation sites excluding steroid dienone is 4. The van der Waals surface area contributed by atoms with E-state index < -0.39 is 6.89 Å². The van der Waals surface area contributed by atoms with Crippen LogP contribution in [0.25, 0.3) is 0 Å². The van der Waals surface area contributed by atoms with Crippen molar-refractivity contribution in [3.8, 4) is 0 Å². The van der Waals surface area contributed by atoms with Crippen LogP contribution < -0.4 is 0 Å². The summed E-state index contributed by atoms with van der Waals surface area (Å²) in [6.45, 7) is -1.65. The molecule has 0 aliphatic rings. The van der Waals surface area contributed by atoms with Gasteiger partial charge in [-0.05, 0) is 6.16 Å². The van der Waals surface area contributed by atoms with Gasteiger partial charge >= 0.3 is 0 Å². The van der Waals surface area contributed by atoms with E-state index in [2.05, 4.69) is 0 Å². The Labute approximate surface area is 113 Å². The second-order valence-corrected chi connectivity index (χ2v) is 6.11. The van der Waals surface area contributed by atoms with Gasteiger partial charge in [0, 0.05) is 28.9 Å². The maximum Gasteiger partial charge on any atom is 0.134 e. The van der Waals surface area contributed by atoms with Gasteiger partial charge in [0.25, 0.3) is 0 Å². The van der Waals surface area contributed by atoms with E-state index in [1.807, 2.05) is 0 Å². The van der Waals surface area contributed by atoms with Crippen LogP contribution in [0, 0.1) is 0 Å². The Bertz CT molecular complexity index is 545. The molecule has 0 unspecified atom stereocenters. The van der Waals surface area contributed by atoms with Crippen molar-refractivity contribution >= 4 is 36.3 Å². The molecule has 0 spiro atoms. The molecular weight excluding hydrogens is 302 g/mol. The maximum atomic E-state index is 11.0. The third-order valence-corrected chi connectivity index (χ3v) is 5.40. The third kappa shape index (κ3) is 3.67. The first-order valence-electron chi connectivity index (χ1n) is 4.37. The monoisotopic (exact) mass is 309 g/mol. The van der Waals surface area contributed by atoms with Crippen molar-refractivity contribution in [2.75, 3.05) is 6.16 Å². The summed E-state index contributed by atoms with van der Waals surface area (Å²) in [7, 11) is 0. The summed E-state index contributed by atoms with van der Waals surface area (Å²) in [6, 6.07) is 0. The van der Waals surface area contributed by atoms with Crippen LogP contribution in [0.3, 0.4) is 0 Å². The van der Waals surface area contributed by atoms with Crippen molar-refractivity contribution in [3.63, 3.8) is 0 Å². The topological polar surface area (TPSA) is 85.3 Å². The van der Waals surface area contributed by atoms with Crippen LogP contribution in [0.5, 0.6) is 0 Å². The Morgan fingerprint density at radius 3 is 1.50 bits per heavy atom. The molecule has 7 heteroatoms. The SMILES string of the molecule is CCP(=C=O)(C(=C=O)C=C=O)C(=C=O)C=C=O.[Co]. The molecule has 0 aromatic carbocycles. The zero-order valence-electron chi connectivity index (χ0n) is 9.18. The van der Waals surface area contributed by atoms with E-state index in [4.69, 9.17) is 0 Å². The van der Waals surface area contributed by atoms with Gasteiger partial charge in [0.1, 0.15) is 29.4 Å². The zero-order valence-corrected chi connectivity index (χ0v) is 11.1. The molecule has 0 saturated carbocycles. The zero-order chi connectivity index (χ0) is 13.3. The molecule has 1 radical (unpaired) electrons. The molecule has 5 nitrogen and oxygen atoms in total. The first kappa shape index (κ1) is 18.7. The molecular formula is C11H7CoO5P. The fourth-order valence-corrected chi connectivity index (χ4v) is 3.30. The number of carbonyl (C=O) groups excluding carboxylic acids is 5. The van der Waals surface area contributed by atoms with Crippen LogP contribution in [0.1, 0.15) is 6.92 Å². The maximum absolute atomic E-state index is 11.0. The molecule has 0 aliphatic heterocycles. The van der Waals surface area contributed by atoms with Crippen LogP contribution in [-0.2, 0) is 40.8 Å². The van der Waals surface area contributed by atoms with Gasteiger partial charge in [-0.25, -0.2) is 24.0 Å². The molecule has 0 aromatic heterocycles. The fraction of sp³-hybridized carbons (Fsp3) is 0.182. The average molecular weight is 309 g/mol. The average Bonchev–Trinajstić information content (AvgIpc) is 2.37. The minimum absolute atomic E-state index is 0. The molecule has 0 atom stereocenters. The first-order chi connectivity index (χ1) is 8.16. The Morgan fingerprint density at radius 2 is 1.33 bits per heavy atom. The van der Waals surface area contributed by atoms with E-state index in [1.54, 1.807) is 5.66 Å². The number of hydrogen-bond acceptors (Lipinski definition) is 5. The number of rotatable bonds is 5. The molecule has 18 heavy (non-hydrogen) atoms. The predicted molar refractivity (Wildman–Crippen MR) is 62.1 cm³/mol. The largest absolute Gasteiger partial charge is 0.234 e. The summed E-state index contributed by atoms with van der Waals surface area (Å²) in [6.07, 6.45) is 1.47. The van der Waals surface area contributed by atoms with Gasteiger partial charge in [-0.15, -0.1) is 0 Å². The molecule has 0 heterocycles. The molecule has 0 aromatic rings. The van der Waals surface area contributed by atoms with E-state index in [9.17, 15) is 24.0 Å². The van der Waals surface area contributed by atoms with Crippen molar-refractivity contribution in [1.29, 1.82) is 0 Å². The molecule has 0 bridgehead atoms. The van der Waals surface area contributed by atoms with Crippen molar-refractivity contribution < 1.29 is 40.8 Å². The summed E-state index contributed by atoms with van der Waals surface area (Å²) in [4.78, 5) is 52.9. The molecule has 0 N–H and O–H groups in total. The van der Waals surface area contributed by atoms with Crippen molar-refractivity contribution in [2.24, 2.45) is 0 Å². The molecule has 0 saturated heterocycles. The Morgan fingerprint density at radius 1 is 0.944 bits per heavy atom. The third-order valence-electron chi connectivity index (χ3n) is 2.05. The van der Waals surface area contributed by atoms with Gasteiger partial charge < -0.3 is 0 Å². The summed E-state index contributed by atoms with van der Waals surface area (Å²) in [5, 5.41) is -0.648. The Kier molecular flexibility index (Phi) is 9.71. The van der Waals surface area contributed by atoms with Crippen LogP contribution >= 0.6 is 6.89 Å². The van der Waals surface area contributed by atoms with E-state index in [0.717, 1.165) is 0 Å². The summed E-state index contributed by atoms with van der Waals surface area (Å²) < 4.78 is 0. The quantitative estimate of drug-likeness (QED) is 0.414. The standard InChI is InChI=1S/C11H7O5P.Co/c1-2-17(9-16,10(7-14)3-5-12)11(8-15)4-6-13;/h3-4H,2H2,1H3;. The van der Waals surface area contributed by atoms with E-state index >= 15 is 0 Å². The van der Waals surface area contributed by atoms with E-state index in [1.165, 1.54) is 30.7 Å². The molecule has 0 amide bonds. The Hall–Kier alpha value is -1.68. The normalized spacial score (nSPS) is 10.7. The van der Waals surface area contributed by atoms with Crippen LogP contribution in [0.2, 0.25) is 0 Å². The van der Waals surface area contributed by atoms with Crippen molar-refractivity contribution in [3.05, 3.63) is 22.8 Å². The van der Waals surface area contributed by atoms with Gasteiger partial charge in [0.05, 0.1) is 17.5 Å². The van der Waals surface area contributed by atoms with Crippen LogP contribution in [0.15, 0.2) is 22.8 Å². The minimum Gasteiger partial charge on any atom is -0.234 e. The summed E-state index contributed by atoms with van der Waals surface area (Å²) >= 11 is 0. The van der Waals surface area contributed by atoms with Crippen molar-refractivity contribution in [2.45, 2.75) is 6.92 Å². The van der Waals surface area contributed by atoms with Gasteiger partial charge in [0.15, 0.2) is 0 Å². The predicted octanol–water partition coefficient (Wildman–Crippen LogP) is 0.295. The van der Waals surface area contributed by atoms with Gasteiger partial charge in [-0.2, -0.15) is 0 Å². The fourth-order valence-electron chi connectivity index (χ4n) is 1.18. The van der Waals surface area contributed by atoms with Gasteiger partial charge in [-0.3, -0.25) is 0 Å². The first-order valence-corrected chi connectivity index (χ1v) is 6.34. The van der Waals surface area contributed by atoms with Gasteiger partial charge in [0.2, 0.25) is 0 Å². The minimum atomic E-state index is -3.17. The van der Waals surface area contributed by atoms with Crippen LogP contribution in [-0.4, -0.2) is 35.6 Å². The summed E-state index contributed by atoms with van der Waals surface area (Å²) in [5.74, 6) is 5.47. The molecule has 0 rings (SSSR count).